The van der Waals surface area contributed by atoms with Gasteiger partial charge in [-0.3, -0.25) is 19.1 Å². The third-order valence-corrected chi connectivity index (χ3v) is 8.17. The molecule has 0 saturated heterocycles. The Morgan fingerprint density at radius 3 is 2.40 bits per heavy atom. The molecular formula is C33H33N5O5. The van der Waals surface area contributed by atoms with Crippen molar-refractivity contribution in [1.82, 2.24) is 19.7 Å². The van der Waals surface area contributed by atoms with Crippen LogP contribution in [0.3, 0.4) is 0 Å². The van der Waals surface area contributed by atoms with Crippen LogP contribution in [-0.2, 0) is 4.79 Å². The summed E-state index contributed by atoms with van der Waals surface area (Å²) in [5.41, 5.74) is 1.47. The number of carboxylic acids is 1. The lowest BCUT2D eigenvalue weighted by atomic mass is 9.95. The molecule has 2 heterocycles. The second kappa shape index (κ2) is 10.9. The monoisotopic (exact) mass is 579 g/mol. The minimum Gasteiger partial charge on any atom is -0.477 e. The van der Waals surface area contributed by atoms with Crippen LogP contribution in [0.5, 0.6) is 0 Å². The molecule has 6 rings (SSSR count). The van der Waals surface area contributed by atoms with Crippen LogP contribution in [0.1, 0.15) is 72.8 Å². The summed E-state index contributed by atoms with van der Waals surface area (Å²) < 4.78 is 3.81. The molecule has 43 heavy (non-hydrogen) atoms. The van der Waals surface area contributed by atoms with E-state index in [1.54, 1.807) is 48.9 Å². The van der Waals surface area contributed by atoms with Crippen LogP contribution in [0.15, 0.2) is 77.6 Å². The number of carbonyl (C=O) groups is 3. The number of carboxylic acid groups (broad SMARTS) is 1. The lowest BCUT2D eigenvalue weighted by molar-refractivity contribution is -0.120. The summed E-state index contributed by atoms with van der Waals surface area (Å²) in [5.74, 6) is -2.01. The molecule has 0 bridgehead atoms. The van der Waals surface area contributed by atoms with E-state index in [9.17, 15) is 24.3 Å². The molecule has 10 heteroatoms. The van der Waals surface area contributed by atoms with E-state index < -0.39 is 23.3 Å². The first-order valence-corrected chi connectivity index (χ1v) is 14.4. The summed E-state index contributed by atoms with van der Waals surface area (Å²) in [6, 6.07) is 21.3. The highest BCUT2D eigenvalue weighted by molar-refractivity contribution is 6.05. The molecule has 0 spiro atoms. The fourth-order valence-electron chi connectivity index (χ4n) is 5.89. The molecular weight excluding hydrogens is 546 g/mol. The number of para-hydroxylation sites is 1. The number of aromatic carboxylic acids is 1. The molecule has 5 aromatic rings. The van der Waals surface area contributed by atoms with Gasteiger partial charge in [0.05, 0.1) is 22.6 Å². The van der Waals surface area contributed by atoms with Gasteiger partial charge in [0.25, 0.3) is 11.5 Å². The Kier molecular flexibility index (Phi) is 7.13. The van der Waals surface area contributed by atoms with E-state index in [-0.39, 0.29) is 22.9 Å². The zero-order valence-corrected chi connectivity index (χ0v) is 24.0. The maximum absolute atomic E-state index is 13.8. The van der Waals surface area contributed by atoms with E-state index in [0.717, 1.165) is 36.9 Å². The Labute approximate surface area is 247 Å². The van der Waals surface area contributed by atoms with Crippen molar-refractivity contribution >= 4 is 45.3 Å². The Bertz CT molecular complexity index is 1930. The third-order valence-electron chi connectivity index (χ3n) is 8.17. The number of carbonyl (C=O) groups excluding carboxylic acids is 2. The van der Waals surface area contributed by atoms with Crippen LogP contribution in [0.25, 0.3) is 27.5 Å². The van der Waals surface area contributed by atoms with Gasteiger partial charge in [-0.2, -0.15) is 0 Å². The lowest BCUT2D eigenvalue weighted by Crippen LogP contribution is -2.52. The number of H-pyrrole nitrogens is 1. The van der Waals surface area contributed by atoms with E-state index in [1.807, 2.05) is 36.4 Å². The van der Waals surface area contributed by atoms with Gasteiger partial charge < -0.3 is 20.7 Å². The van der Waals surface area contributed by atoms with Crippen LogP contribution in [0.2, 0.25) is 0 Å². The number of nitrogens with zero attached hydrogens (tertiary/aromatic N) is 2. The summed E-state index contributed by atoms with van der Waals surface area (Å²) in [4.78, 5) is 54.5. The Morgan fingerprint density at radius 2 is 1.67 bits per heavy atom. The average molecular weight is 580 g/mol. The zero-order valence-electron chi connectivity index (χ0n) is 24.0. The van der Waals surface area contributed by atoms with Gasteiger partial charge in [0.15, 0.2) is 0 Å². The third kappa shape index (κ3) is 5.31. The number of benzene rings is 3. The average Bonchev–Trinajstić information content (AvgIpc) is 3.56. The van der Waals surface area contributed by atoms with Crippen molar-refractivity contribution in [2.45, 2.75) is 57.5 Å². The van der Waals surface area contributed by atoms with Gasteiger partial charge in [-0.05, 0) is 81.3 Å². The molecule has 1 aliphatic carbocycles. The number of amides is 2. The van der Waals surface area contributed by atoms with Gasteiger partial charge in [0.2, 0.25) is 5.91 Å². The summed E-state index contributed by atoms with van der Waals surface area (Å²) in [6.07, 6.45) is 5.37. The second-order valence-electron chi connectivity index (χ2n) is 11.6. The van der Waals surface area contributed by atoms with Gasteiger partial charge in [0, 0.05) is 22.2 Å². The first kappa shape index (κ1) is 28.0. The Morgan fingerprint density at radius 1 is 0.930 bits per heavy atom. The summed E-state index contributed by atoms with van der Waals surface area (Å²) in [6.45, 7) is 3.19. The van der Waals surface area contributed by atoms with Gasteiger partial charge in [-0.15, -0.1) is 0 Å². The van der Waals surface area contributed by atoms with Gasteiger partial charge in [0.1, 0.15) is 11.2 Å². The van der Waals surface area contributed by atoms with Gasteiger partial charge in [-0.1, -0.05) is 37.5 Å². The normalized spacial score (nSPS) is 14.2. The molecule has 1 saturated carbocycles. The van der Waals surface area contributed by atoms with E-state index in [2.05, 4.69) is 20.3 Å². The van der Waals surface area contributed by atoms with Crippen molar-refractivity contribution in [1.29, 1.82) is 0 Å². The predicted molar refractivity (Wildman–Crippen MR) is 165 cm³/mol. The zero-order chi connectivity index (χ0) is 30.3. The largest absolute Gasteiger partial charge is 0.477 e. The number of anilines is 1. The van der Waals surface area contributed by atoms with Crippen LogP contribution >= 0.6 is 0 Å². The molecule has 1 fully saturated rings. The SMILES string of the molecule is CC(C)(NC(=O)c1ccc2c(c1)c(=O)n(-c1ccccc1)n2C1CCCCC1)C(=O)Nc1ccc2[nH]c(C(=O)O)cc2c1. The molecule has 4 N–H and O–H groups in total. The van der Waals surface area contributed by atoms with Crippen LogP contribution in [0, 0.1) is 0 Å². The summed E-state index contributed by atoms with van der Waals surface area (Å²) >= 11 is 0. The Hall–Kier alpha value is -5.12. The maximum Gasteiger partial charge on any atom is 0.352 e. The van der Waals surface area contributed by atoms with Crippen LogP contribution < -0.4 is 16.2 Å². The highest BCUT2D eigenvalue weighted by Gasteiger charge is 2.31. The van der Waals surface area contributed by atoms with E-state index in [0.29, 0.717) is 22.0 Å². The number of hydrogen-bond donors (Lipinski definition) is 4. The van der Waals surface area contributed by atoms with Crippen LogP contribution in [0.4, 0.5) is 5.69 Å². The van der Waals surface area contributed by atoms with E-state index in [1.165, 1.54) is 12.5 Å². The molecule has 0 radical (unpaired) electrons. The number of aromatic nitrogens is 3. The minimum absolute atomic E-state index is 0.0487. The highest BCUT2D eigenvalue weighted by Crippen LogP contribution is 2.32. The van der Waals surface area contributed by atoms with Gasteiger partial charge in [-0.25, -0.2) is 9.48 Å². The molecule has 0 atom stereocenters. The van der Waals surface area contributed by atoms with Crippen molar-refractivity contribution in [3.8, 4) is 5.69 Å². The summed E-state index contributed by atoms with van der Waals surface area (Å²) in [5, 5.41) is 15.9. The second-order valence-corrected chi connectivity index (χ2v) is 11.6. The molecule has 220 valence electrons. The molecule has 0 unspecified atom stereocenters. The van der Waals surface area contributed by atoms with Crippen LogP contribution in [-0.4, -0.2) is 42.8 Å². The number of nitrogens with one attached hydrogen (secondary N) is 3. The smallest absolute Gasteiger partial charge is 0.352 e. The van der Waals surface area contributed by atoms with Crippen molar-refractivity contribution in [2.24, 2.45) is 0 Å². The fourth-order valence-corrected chi connectivity index (χ4v) is 5.89. The Balaban J connectivity index is 1.26. The highest BCUT2D eigenvalue weighted by atomic mass is 16.4. The van der Waals surface area contributed by atoms with Crippen molar-refractivity contribution < 1.29 is 19.5 Å². The quantitative estimate of drug-likeness (QED) is 0.198. The maximum atomic E-state index is 13.8. The topological polar surface area (TPSA) is 138 Å². The number of rotatable bonds is 7. The summed E-state index contributed by atoms with van der Waals surface area (Å²) in [7, 11) is 0. The molecule has 2 aromatic heterocycles. The van der Waals surface area contributed by atoms with E-state index in [4.69, 9.17) is 0 Å². The van der Waals surface area contributed by atoms with Gasteiger partial charge >= 0.3 is 5.97 Å². The minimum atomic E-state index is -1.30. The molecule has 2 amide bonds. The fraction of sp³-hybridized carbons (Fsp3) is 0.273. The van der Waals surface area contributed by atoms with Crippen molar-refractivity contribution in [3.05, 3.63) is 94.4 Å². The first-order valence-electron chi connectivity index (χ1n) is 14.4. The first-order chi connectivity index (χ1) is 20.6. The molecule has 0 aliphatic heterocycles. The van der Waals surface area contributed by atoms with Crippen molar-refractivity contribution in [3.63, 3.8) is 0 Å². The predicted octanol–water partition coefficient (Wildman–Crippen LogP) is 5.62. The molecule has 10 nitrogen and oxygen atoms in total. The lowest BCUT2D eigenvalue weighted by Gasteiger charge is -2.27. The molecule has 1 aliphatic rings. The number of aromatic amines is 1. The molecule has 3 aromatic carbocycles. The van der Waals surface area contributed by atoms with Crippen molar-refractivity contribution in [2.75, 3.05) is 5.32 Å². The number of hydrogen-bond acceptors (Lipinski definition) is 4. The van der Waals surface area contributed by atoms with E-state index >= 15 is 0 Å². The number of fused-ring (bicyclic) bond motifs is 2. The standard InChI is InChI=1S/C33H33N5O5/c1-33(2,32(43)34-22-14-15-26-21(17-22)19-27(35-26)31(41)42)36-29(39)20-13-16-28-25(18-20)30(40)38(24-11-7-4-8-12-24)37(28)23-9-5-3-6-10-23/h4,7-8,11-19,23,35H,3,5-6,9-10H2,1-2H3,(H,34,43)(H,36,39)(H,41,42).